The number of hydrogen-bond donors (Lipinski definition) is 2. The van der Waals surface area contributed by atoms with Crippen LogP contribution in [-0.2, 0) is 4.74 Å². The summed E-state index contributed by atoms with van der Waals surface area (Å²) in [5, 5.41) is 8.77. The molecule has 1 rings (SSSR count). The molecule has 0 saturated carbocycles. The lowest BCUT2D eigenvalue weighted by molar-refractivity contribution is 0.0514. The molecule has 1 heterocycles. The average Bonchev–Trinajstić information content (AvgIpc) is 2.47. The number of carbonyl (C=O) groups is 2. The molecule has 0 saturated heterocycles. The first-order chi connectivity index (χ1) is 6.57. The van der Waals surface area contributed by atoms with E-state index in [-0.39, 0.29) is 17.7 Å². The van der Waals surface area contributed by atoms with Gasteiger partial charge in [0.15, 0.2) is 0 Å². The predicted molar refractivity (Wildman–Crippen MR) is 48.4 cm³/mol. The van der Waals surface area contributed by atoms with Gasteiger partial charge in [-0.15, -0.1) is 0 Å². The quantitative estimate of drug-likeness (QED) is 0.713. The van der Waals surface area contributed by atoms with Crippen molar-refractivity contribution in [3.63, 3.8) is 0 Å². The third-order valence-electron chi connectivity index (χ3n) is 1.79. The monoisotopic (exact) mass is 197 g/mol. The van der Waals surface area contributed by atoms with E-state index in [0.717, 1.165) is 0 Å². The van der Waals surface area contributed by atoms with Gasteiger partial charge in [0.1, 0.15) is 0 Å². The van der Waals surface area contributed by atoms with Gasteiger partial charge in [-0.2, -0.15) is 0 Å². The Labute approximate surface area is 80.7 Å². The average molecular weight is 197 g/mol. The van der Waals surface area contributed by atoms with Crippen LogP contribution in [0.1, 0.15) is 33.3 Å². The lowest BCUT2D eigenvalue weighted by Gasteiger charge is -2.01. The second-order valence-electron chi connectivity index (χ2n) is 2.73. The highest BCUT2D eigenvalue weighted by Crippen LogP contribution is 2.14. The van der Waals surface area contributed by atoms with Gasteiger partial charge < -0.3 is 14.8 Å². The number of aromatic carboxylic acids is 1. The van der Waals surface area contributed by atoms with E-state index in [0.29, 0.717) is 5.69 Å². The Bertz CT molecular complexity index is 367. The number of ether oxygens (including phenoxy) is 1. The maximum absolute atomic E-state index is 11.3. The summed E-state index contributed by atoms with van der Waals surface area (Å²) in [5.41, 5.74) is 0.543. The number of nitrogens with one attached hydrogen (secondary N) is 1. The van der Waals surface area contributed by atoms with Crippen molar-refractivity contribution in [3.8, 4) is 0 Å². The molecule has 0 amide bonds. The Morgan fingerprint density at radius 1 is 1.57 bits per heavy atom. The SMILES string of the molecule is CCOC(=O)c1c(C(=O)O)c[nH]c1C. The van der Waals surface area contributed by atoms with E-state index in [2.05, 4.69) is 4.98 Å². The Hall–Kier alpha value is -1.78. The molecule has 0 aliphatic heterocycles. The van der Waals surface area contributed by atoms with Gasteiger partial charge in [-0.25, -0.2) is 9.59 Å². The van der Waals surface area contributed by atoms with Crippen molar-refractivity contribution in [1.82, 2.24) is 4.98 Å². The summed E-state index contributed by atoms with van der Waals surface area (Å²) in [7, 11) is 0. The molecule has 14 heavy (non-hydrogen) atoms. The number of carbonyl (C=O) groups excluding carboxylic acids is 1. The van der Waals surface area contributed by atoms with E-state index >= 15 is 0 Å². The maximum Gasteiger partial charge on any atom is 0.340 e. The summed E-state index contributed by atoms with van der Waals surface area (Å²) in [6.07, 6.45) is 1.28. The maximum atomic E-state index is 11.3. The summed E-state index contributed by atoms with van der Waals surface area (Å²) < 4.78 is 4.74. The normalized spacial score (nSPS) is 9.86. The van der Waals surface area contributed by atoms with E-state index in [1.165, 1.54) is 6.20 Å². The van der Waals surface area contributed by atoms with Gasteiger partial charge in [-0.1, -0.05) is 0 Å². The zero-order chi connectivity index (χ0) is 10.7. The molecule has 76 valence electrons. The van der Waals surface area contributed by atoms with Crippen LogP contribution < -0.4 is 0 Å². The van der Waals surface area contributed by atoms with Crippen LogP contribution in [0.25, 0.3) is 0 Å². The number of carboxylic acids is 1. The largest absolute Gasteiger partial charge is 0.478 e. The third kappa shape index (κ3) is 1.76. The van der Waals surface area contributed by atoms with Crippen LogP contribution in [0, 0.1) is 6.92 Å². The highest BCUT2D eigenvalue weighted by molar-refractivity contribution is 6.03. The van der Waals surface area contributed by atoms with E-state index < -0.39 is 11.9 Å². The number of aryl methyl sites for hydroxylation is 1. The number of carboxylic acid groups (broad SMARTS) is 1. The van der Waals surface area contributed by atoms with Gasteiger partial charge in [-0.05, 0) is 13.8 Å². The number of aromatic amines is 1. The van der Waals surface area contributed by atoms with Gasteiger partial charge in [0.25, 0.3) is 0 Å². The first kappa shape index (κ1) is 10.3. The van der Waals surface area contributed by atoms with Crippen LogP contribution >= 0.6 is 0 Å². The number of hydrogen-bond acceptors (Lipinski definition) is 3. The summed E-state index contributed by atoms with van der Waals surface area (Å²) in [6, 6.07) is 0. The number of rotatable bonds is 3. The molecule has 0 unspecified atom stereocenters. The molecule has 0 aliphatic carbocycles. The minimum atomic E-state index is -1.14. The predicted octanol–water partition coefficient (Wildman–Crippen LogP) is 1.20. The minimum Gasteiger partial charge on any atom is -0.478 e. The summed E-state index contributed by atoms with van der Waals surface area (Å²) in [5.74, 6) is -1.75. The van der Waals surface area contributed by atoms with E-state index in [4.69, 9.17) is 9.84 Å². The van der Waals surface area contributed by atoms with Gasteiger partial charge in [0, 0.05) is 11.9 Å². The minimum absolute atomic E-state index is 0.0547. The van der Waals surface area contributed by atoms with Crippen LogP contribution in [-0.4, -0.2) is 28.6 Å². The van der Waals surface area contributed by atoms with Crippen LogP contribution in [0.4, 0.5) is 0 Å². The van der Waals surface area contributed by atoms with Crippen LogP contribution in [0.2, 0.25) is 0 Å². The van der Waals surface area contributed by atoms with Crippen molar-refractivity contribution in [3.05, 3.63) is 23.0 Å². The zero-order valence-electron chi connectivity index (χ0n) is 7.96. The van der Waals surface area contributed by atoms with Crippen molar-refractivity contribution in [1.29, 1.82) is 0 Å². The van der Waals surface area contributed by atoms with Crippen molar-refractivity contribution in [2.45, 2.75) is 13.8 Å². The Morgan fingerprint density at radius 3 is 2.71 bits per heavy atom. The number of H-pyrrole nitrogens is 1. The fourth-order valence-corrected chi connectivity index (χ4v) is 1.16. The molecule has 0 aromatic carbocycles. The molecule has 0 spiro atoms. The Morgan fingerprint density at radius 2 is 2.21 bits per heavy atom. The molecule has 0 aliphatic rings. The molecule has 0 bridgehead atoms. The second kappa shape index (κ2) is 3.95. The van der Waals surface area contributed by atoms with Crippen LogP contribution in [0.5, 0.6) is 0 Å². The lowest BCUT2D eigenvalue weighted by atomic mass is 10.1. The summed E-state index contributed by atoms with van der Waals surface area (Å²) in [4.78, 5) is 24.7. The first-order valence-electron chi connectivity index (χ1n) is 4.16. The van der Waals surface area contributed by atoms with Gasteiger partial charge in [0.2, 0.25) is 0 Å². The van der Waals surface area contributed by atoms with Crippen molar-refractivity contribution < 1.29 is 19.4 Å². The van der Waals surface area contributed by atoms with Gasteiger partial charge in [0.05, 0.1) is 17.7 Å². The number of aromatic nitrogens is 1. The fourth-order valence-electron chi connectivity index (χ4n) is 1.16. The molecule has 0 fully saturated rings. The van der Waals surface area contributed by atoms with Crippen molar-refractivity contribution in [2.75, 3.05) is 6.61 Å². The smallest absolute Gasteiger partial charge is 0.340 e. The standard InChI is InChI=1S/C9H11NO4/c1-3-14-9(13)7-5(2)10-4-6(7)8(11)12/h4,10H,3H2,1-2H3,(H,11,12). The van der Waals surface area contributed by atoms with Gasteiger partial charge in [-0.3, -0.25) is 0 Å². The highest BCUT2D eigenvalue weighted by Gasteiger charge is 2.21. The van der Waals surface area contributed by atoms with E-state index in [9.17, 15) is 9.59 Å². The highest BCUT2D eigenvalue weighted by atomic mass is 16.5. The first-order valence-corrected chi connectivity index (χ1v) is 4.16. The molecule has 5 heteroatoms. The zero-order valence-corrected chi connectivity index (χ0v) is 7.96. The topological polar surface area (TPSA) is 79.4 Å². The lowest BCUT2D eigenvalue weighted by Crippen LogP contribution is -2.10. The molecule has 2 N–H and O–H groups in total. The van der Waals surface area contributed by atoms with Gasteiger partial charge >= 0.3 is 11.9 Å². The third-order valence-corrected chi connectivity index (χ3v) is 1.79. The molecule has 0 radical (unpaired) electrons. The second-order valence-corrected chi connectivity index (χ2v) is 2.73. The van der Waals surface area contributed by atoms with Crippen LogP contribution in [0.15, 0.2) is 6.20 Å². The Kier molecular flexibility index (Phi) is 2.91. The summed E-state index contributed by atoms with van der Waals surface area (Å²) in [6.45, 7) is 3.52. The summed E-state index contributed by atoms with van der Waals surface area (Å²) >= 11 is 0. The molecule has 1 aromatic heterocycles. The Balaban J connectivity index is 3.11. The molecule has 1 aromatic rings. The van der Waals surface area contributed by atoms with Crippen LogP contribution in [0.3, 0.4) is 0 Å². The molecular weight excluding hydrogens is 186 g/mol. The molecule has 5 nitrogen and oxygen atoms in total. The van der Waals surface area contributed by atoms with Crippen molar-refractivity contribution in [2.24, 2.45) is 0 Å². The molecule has 0 atom stereocenters. The van der Waals surface area contributed by atoms with E-state index in [1.807, 2.05) is 0 Å². The van der Waals surface area contributed by atoms with E-state index in [1.54, 1.807) is 13.8 Å². The molecular formula is C9H11NO4. The fraction of sp³-hybridized carbons (Fsp3) is 0.333. The van der Waals surface area contributed by atoms with Crippen molar-refractivity contribution >= 4 is 11.9 Å². The number of esters is 1.